The van der Waals surface area contributed by atoms with Gasteiger partial charge in [0.25, 0.3) is 5.56 Å². The van der Waals surface area contributed by atoms with Gasteiger partial charge in [0.15, 0.2) is 5.82 Å². The molecule has 24 heavy (non-hydrogen) atoms. The van der Waals surface area contributed by atoms with Gasteiger partial charge in [-0.3, -0.25) is 4.79 Å². The Morgan fingerprint density at radius 1 is 1.38 bits per heavy atom. The highest BCUT2D eigenvalue weighted by Crippen LogP contribution is 2.25. The summed E-state index contributed by atoms with van der Waals surface area (Å²) < 4.78 is 1.33. The highest BCUT2D eigenvalue weighted by atomic mass is 32.1. The van der Waals surface area contributed by atoms with Crippen molar-refractivity contribution in [1.82, 2.24) is 15.3 Å². The third-order valence-electron chi connectivity index (χ3n) is 4.55. The Labute approximate surface area is 144 Å². The molecule has 0 saturated carbocycles. The van der Waals surface area contributed by atoms with Gasteiger partial charge in [-0.1, -0.05) is 18.2 Å². The van der Waals surface area contributed by atoms with Crippen molar-refractivity contribution in [1.29, 1.82) is 0 Å². The largest absolute Gasteiger partial charge is 0.350 e. The Morgan fingerprint density at radius 3 is 3.21 bits per heavy atom. The molecular weight excluding hydrogens is 320 g/mol. The molecule has 0 radical (unpaired) electrons. The maximum absolute atomic E-state index is 11.9. The van der Waals surface area contributed by atoms with Crippen LogP contribution in [0.2, 0.25) is 0 Å². The molecule has 124 valence electrons. The monoisotopic (exact) mass is 340 g/mol. The van der Waals surface area contributed by atoms with E-state index < -0.39 is 0 Å². The molecule has 0 bridgehead atoms. The van der Waals surface area contributed by atoms with Gasteiger partial charge in [-0.25, -0.2) is 4.98 Å². The van der Waals surface area contributed by atoms with Crippen LogP contribution >= 0.6 is 11.3 Å². The summed E-state index contributed by atoms with van der Waals surface area (Å²) >= 11 is 1.79. The first-order valence-corrected chi connectivity index (χ1v) is 9.16. The molecule has 1 aliphatic rings. The number of nitrogens with one attached hydrogen (secondary N) is 2. The quantitative estimate of drug-likeness (QED) is 0.767. The van der Waals surface area contributed by atoms with Crippen LogP contribution in [0.25, 0.3) is 10.1 Å². The predicted molar refractivity (Wildman–Crippen MR) is 98.8 cm³/mol. The van der Waals surface area contributed by atoms with Crippen LogP contribution in [0.4, 0.5) is 5.82 Å². The summed E-state index contributed by atoms with van der Waals surface area (Å²) in [6, 6.07) is 8.90. The molecule has 1 fully saturated rings. The van der Waals surface area contributed by atoms with E-state index in [-0.39, 0.29) is 5.56 Å². The first kappa shape index (κ1) is 15.4. The Bertz CT molecular complexity index is 888. The molecule has 6 heteroatoms. The van der Waals surface area contributed by atoms with Gasteiger partial charge in [0.2, 0.25) is 0 Å². The van der Waals surface area contributed by atoms with E-state index in [0.717, 1.165) is 32.5 Å². The summed E-state index contributed by atoms with van der Waals surface area (Å²) in [6.45, 7) is 2.57. The molecule has 2 N–H and O–H groups in total. The van der Waals surface area contributed by atoms with Crippen LogP contribution in [0, 0.1) is 0 Å². The molecule has 1 atom stereocenters. The summed E-state index contributed by atoms with van der Waals surface area (Å²) in [5, 5.41) is 7.24. The minimum atomic E-state index is -0.109. The molecule has 2 aromatic heterocycles. The Morgan fingerprint density at radius 2 is 2.29 bits per heavy atom. The van der Waals surface area contributed by atoms with Crippen molar-refractivity contribution in [3.8, 4) is 0 Å². The molecule has 3 aromatic rings. The van der Waals surface area contributed by atoms with Gasteiger partial charge in [-0.15, -0.1) is 11.3 Å². The van der Waals surface area contributed by atoms with Crippen LogP contribution in [-0.2, 0) is 6.54 Å². The molecular formula is C18H20N4OS. The fourth-order valence-electron chi connectivity index (χ4n) is 3.33. The van der Waals surface area contributed by atoms with Crippen molar-refractivity contribution < 1.29 is 0 Å². The predicted octanol–water partition coefficient (Wildman–Crippen LogP) is 2.74. The third kappa shape index (κ3) is 3.07. The number of piperidine rings is 1. The van der Waals surface area contributed by atoms with Gasteiger partial charge < -0.3 is 15.2 Å². The average Bonchev–Trinajstić information content (AvgIpc) is 3.04. The van der Waals surface area contributed by atoms with Gasteiger partial charge in [0.05, 0.1) is 0 Å². The molecule has 4 rings (SSSR count). The minimum absolute atomic E-state index is 0.109. The number of anilines is 1. The number of thiophene rings is 1. The zero-order valence-corrected chi connectivity index (χ0v) is 14.2. The molecule has 1 saturated heterocycles. The number of hydrogen-bond donors (Lipinski definition) is 2. The first-order valence-electron chi connectivity index (χ1n) is 8.28. The molecule has 0 spiro atoms. The van der Waals surface area contributed by atoms with Crippen LogP contribution in [0.5, 0.6) is 0 Å². The number of H-pyrrole nitrogens is 1. The van der Waals surface area contributed by atoms with Crippen molar-refractivity contribution in [3.05, 3.63) is 58.0 Å². The van der Waals surface area contributed by atoms with Gasteiger partial charge >= 0.3 is 0 Å². The molecule has 0 aliphatic carbocycles. The molecule has 1 aromatic carbocycles. The lowest BCUT2D eigenvalue weighted by atomic mass is 10.1. The average molecular weight is 340 g/mol. The van der Waals surface area contributed by atoms with Crippen LogP contribution in [-0.4, -0.2) is 29.1 Å². The van der Waals surface area contributed by atoms with Gasteiger partial charge in [-0.05, 0) is 35.2 Å². The van der Waals surface area contributed by atoms with E-state index in [9.17, 15) is 4.79 Å². The molecule has 3 heterocycles. The highest BCUT2D eigenvalue weighted by molar-refractivity contribution is 7.17. The lowest BCUT2D eigenvalue weighted by Crippen LogP contribution is -2.47. The summed E-state index contributed by atoms with van der Waals surface area (Å²) in [5.41, 5.74) is 1.24. The zero-order chi connectivity index (χ0) is 16.4. The third-order valence-corrected chi connectivity index (χ3v) is 5.56. The smallest absolute Gasteiger partial charge is 0.290 e. The van der Waals surface area contributed by atoms with E-state index in [2.05, 4.69) is 49.8 Å². The first-order chi connectivity index (χ1) is 11.8. The van der Waals surface area contributed by atoms with Crippen molar-refractivity contribution in [2.24, 2.45) is 0 Å². The lowest BCUT2D eigenvalue weighted by molar-refractivity contribution is 0.420. The second-order valence-electron chi connectivity index (χ2n) is 6.17. The molecule has 0 unspecified atom stereocenters. The van der Waals surface area contributed by atoms with E-state index in [1.54, 1.807) is 23.7 Å². The molecule has 5 nitrogen and oxygen atoms in total. The van der Waals surface area contributed by atoms with E-state index in [4.69, 9.17) is 0 Å². The summed E-state index contributed by atoms with van der Waals surface area (Å²) in [5.74, 6) is 0.532. The Hall–Kier alpha value is -2.18. The zero-order valence-electron chi connectivity index (χ0n) is 13.4. The van der Waals surface area contributed by atoms with Gasteiger partial charge in [-0.2, -0.15) is 0 Å². The topological polar surface area (TPSA) is 61.0 Å². The number of benzene rings is 1. The van der Waals surface area contributed by atoms with Crippen molar-refractivity contribution in [3.63, 3.8) is 0 Å². The lowest BCUT2D eigenvalue weighted by Gasteiger charge is -2.33. The maximum Gasteiger partial charge on any atom is 0.290 e. The normalized spacial score (nSPS) is 18.2. The number of hydrogen-bond acceptors (Lipinski definition) is 5. The SMILES string of the molecule is O=c1[nH]ccnc1N1CCC[C@H](NCc2csc3ccccc23)C1. The fraction of sp³-hybridized carbons (Fsp3) is 0.333. The van der Waals surface area contributed by atoms with Crippen molar-refractivity contribution >= 4 is 27.2 Å². The number of aromatic amines is 1. The van der Waals surface area contributed by atoms with E-state index >= 15 is 0 Å². The van der Waals surface area contributed by atoms with Gasteiger partial charge in [0.1, 0.15) is 0 Å². The Balaban J connectivity index is 1.44. The number of fused-ring (bicyclic) bond motifs is 1. The molecule has 1 aliphatic heterocycles. The Kier molecular flexibility index (Phi) is 4.32. The van der Waals surface area contributed by atoms with Crippen molar-refractivity contribution in [2.45, 2.75) is 25.4 Å². The van der Waals surface area contributed by atoms with Crippen molar-refractivity contribution in [2.75, 3.05) is 18.0 Å². The van der Waals surface area contributed by atoms with E-state index in [1.807, 2.05) is 0 Å². The summed E-state index contributed by atoms with van der Waals surface area (Å²) in [4.78, 5) is 21.0. The number of rotatable bonds is 4. The number of nitrogens with zero attached hydrogens (tertiary/aromatic N) is 2. The minimum Gasteiger partial charge on any atom is -0.350 e. The second kappa shape index (κ2) is 6.75. The standard InChI is InChI=1S/C18H20N4OS/c23-18-17(19-7-8-20-18)22-9-3-4-14(11-22)21-10-13-12-24-16-6-2-1-5-15(13)16/h1-2,5-8,12,14,21H,3-4,9-11H2,(H,20,23)/t14-/m0/s1. The van der Waals surface area contributed by atoms with E-state index in [0.29, 0.717) is 11.9 Å². The van der Waals surface area contributed by atoms with Crippen LogP contribution in [0.3, 0.4) is 0 Å². The van der Waals surface area contributed by atoms with Crippen LogP contribution < -0.4 is 15.8 Å². The summed E-state index contributed by atoms with van der Waals surface area (Å²) in [6.07, 6.45) is 5.42. The second-order valence-corrected chi connectivity index (χ2v) is 7.08. The fourth-order valence-corrected chi connectivity index (χ4v) is 4.29. The maximum atomic E-state index is 11.9. The van der Waals surface area contributed by atoms with Gasteiger partial charge in [0, 0.05) is 42.8 Å². The van der Waals surface area contributed by atoms with Crippen LogP contribution in [0.15, 0.2) is 46.8 Å². The summed E-state index contributed by atoms with van der Waals surface area (Å²) in [7, 11) is 0. The van der Waals surface area contributed by atoms with Crippen LogP contribution in [0.1, 0.15) is 18.4 Å². The highest BCUT2D eigenvalue weighted by Gasteiger charge is 2.22. The number of aromatic nitrogens is 2. The van der Waals surface area contributed by atoms with E-state index in [1.165, 1.54) is 15.6 Å². The molecule has 0 amide bonds.